The van der Waals surface area contributed by atoms with Gasteiger partial charge in [-0.05, 0) is 36.6 Å². The van der Waals surface area contributed by atoms with E-state index in [-0.39, 0.29) is 0 Å². The van der Waals surface area contributed by atoms with Crippen molar-refractivity contribution in [2.75, 3.05) is 18.0 Å². The van der Waals surface area contributed by atoms with Crippen molar-refractivity contribution in [3.8, 4) is 11.3 Å². The lowest BCUT2D eigenvalue weighted by molar-refractivity contribution is 0.0115. The van der Waals surface area contributed by atoms with Gasteiger partial charge in [-0.1, -0.05) is 58.4 Å². The molecule has 0 aliphatic carbocycles. The fourth-order valence-corrected chi connectivity index (χ4v) is 3.66. The van der Waals surface area contributed by atoms with Crippen LogP contribution in [-0.4, -0.2) is 28.2 Å². The molecule has 132 valence electrons. The summed E-state index contributed by atoms with van der Waals surface area (Å²) in [6.45, 7) is 1.45. The van der Waals surface area contributed by atoms with E-state index in [0.717, 1.165) is 40.3 Å². The summed E-state index contributed by atoms with van der Waals surface area (Å²) in [6.07, 6.45) is 3.13. The van der Waals surface area contributed by atoms with Gasteiger partial charge >= 0.3 is 0 Å². The fraction of sp³-hybridized carbons (Fsp3) is 0.238. The van der Waals surface area contributed by atoms with E-state index in [0.29, 0.717) is 12.8 Å². The third-order valence-electron chi connectivity index (χ3n) is 4.97. The predicted octanol–water partition coefficient (Wildman–Crippen LogP) is 4.39. The molecule has 4 rings (SSSR count). The Hall–Kier alpha value is -2.24. The van der Waals surface area contributed by atoms with Gasteiger partial charge in [-0.3, -0.25) is 0 Å². The minimum atomic E-state index is -0.783. The van der Waals surface area contributed by atoms with Crippen LogP contribution in [0.15, 0.2) is 71.3 Å². The second-order valence-electron chi connectivity index (χ2n) is 6.63. The molecular weight excluding hydrogens is 390 g/mol. The minimum absolute atomic E-state index is 0.660. The first-order chi connectivity index (χ1) is 12.6. The SMILES string of the molecule is OC1(c2ccc(Br)cc2)CCN(c2nccc(-c3ccccc3)n2)CC1. The van der Waals surface area contributed by atoms with Gasteiger partial charge in [0.2, 0.25) is 5.95 Å². The van der Waals surface area contributed by atoms with Crippen molar-refractivity contribution in [1.29, 1.82) is 0 Å². The van der Waals surface area contributed by atoms with Crippen LogP contribution in [0.25, 0.3) is 11.3 Å². The zero-order chi connectivity index (χ0) is 18.0. The van der Waals surface area contributed by atoms with E-state index in [9.17, 15) is 5.11 Å². The van der Waals surface area contributed by atoms with E-state index in [1.165, 1.54) is 0 Å². The quantitative estimate of drug-likeness (QED) is 0.696. The van der Waals surface area contributed by atoms with Crippen LogP contribution in [0.5, 0.6) is 0 Å². The zero-order valence-corrected chi connectivity index (χ0v) is 15.9. The highest BCUT2D eigenvalue weighted by atomic mass is 79.9. The summed E-state index contributed by atoms with van der Waals surface area (Å²) < 4.78 is 1.02. The van der Waals surface area contributed by atoms with Crippen LogP contribution in [0, 0.1) is 0 Å². The number of aromatic nitrogens is 2. The molecule has 1 saturated heterocycles. The Bertz CT molecular complexity index is 875. The first kappa shape index (κ1) is 17.2. The summed E-state index contributed by atoms with van der Waals surface area (Å²) in [4.78, 5) is 11.3. The maximum Gasteiger partial charge on any atom is 0.225 e. The highest BCUT2D eigenvalue weighted by Crippen LogP contribution is 2.34. The monoisotopic (exact) mass is 409 g/mol. The number of benzene rings is 2. The molecule has 1 fully saturated rings. The van der Waals surface area contributed by atoms with Gasteiger partial charge in [0.15, 0.2) is 0 Å². The highest BCUT2D eigenvalue weighted by molar-refractivity contribution is 9.10. The Balaban J connectivity index is 1.51. The normalized spacial score (nSPS) is 16.5. The van der Waals surface area contributed by atoms with E-state index in [2.05, 4.69) is 37.9 Å². The molecule has 0 bridgehead atoms. The largest absolute Gasteiger partial charge is 0.385 e. The molecule has 0 atom stereocenters. The molecule has 1 aliphatic rings. The third-order valence-corrected chi connectivity index (χ3v) is 5.50. The molecule has 0 unspecified atom stereocenters. The van der Waals surface area contributed by atoms with Gasteiger partial charge in [0, 0.05) is 29.3 Å². The topological polar surface area (TPSA) is 49.2 Å². The van der Waals surface area contributed by atoms with Crippen LogP contribution in [0.2, 0.25) is 0 Å². The van der Waals surface area contributed by atoms with E-state index in [4.69, 9.17) is 4.98 Å². The van der Waals surface area contributed by atoms with Crippen molar-refractivity contribution in [1.82, 2.24) is 9.97 Å². The van der Waals surface area contributed by atoms with E-state index >= 15 is 0 Å². The van der Waals surface area contributed by atoms with Crippen molar-refractivity contribution >= 4 is 21.9 Å². The predicted molar refractivity (Wildman–Crippen MR) is 107 cm³/mol. The second kappa shape index (κ2) is 7.17. The molecule has 0 saturated carbocycles. The van der Waals surface area contributed by atoms with Crippen LogP contribution in [0.4, 0.5) is 5.95 Å². The summed E-state index contributed by atoms with van der Waals surface area (Å²) in [5.41, 5.74) is 2.19. The van der Waals surface area contributed by atoms with Crippen LogP contribution < -0.4 is 4.90 Å². The van der Waals surface area contributed by atoms with Gasteiger partial charge in [-0.15, -0.1) is 0 Å². The van der Waals surface area contributed by atoms with Gasteiger partial charge in [-0.25, -0.2) is 9.97 Å². The lowest BCUT2D eigenvalue weighted by Gasteiger charge is -2.38. The number of anilines is 1. The third kappa shape index (κ3) is 3.50. The number of hydrogen-bond acceptors (Lipinski definition) is 4. The number of nitrogens with zero attached hydrogens (tertiary/aromatic N) is 3. The van der Waals surface area contributed by atoms with Gasteiger partial charge in [0.05, 0.1) is 11.3 Å². The number of hydrogen-bond donors (Lipinski definition) is 1. The average molecular weight is 410 g/mol. The smallest absolute Gasteiger partial charge is 0.225 e. The first-order valence-electron chi connectivity index (χ1n) is 8.76. The lowest BCUT2D eigenvalue weighted by atomic mass is 9.84. The maximum absolute atomic E-state index is 11.0. The molecule has 5 heteroatoms. The van der Waals surface area contributed by atoms with Gasteiger partial charge in [0.1, 0.15) is 0 Å². The number of aliphatic hydroxyl groups is 1. The molecule has 4 nitrogen and oxygen atoms in total. The van der Waals surface area contributed by atoms with Crippen molar-refractivity contribution in [3.05, 3.63) is 76.9 Å². The van der Waals surface area contributed by atoms with Gasteiger partial charge in [-0.2, -0.15) is 0 Å². The molecule has 26 heavy (non-hydrogen) atoms. The summed E-state index contributed by atoms with van der Waals surface area (Å²) in [5.74, 6) is 0.726. The first-order valence-corrected chi connectivity index (χ1v) is 9.55. The fourth-order valence-electron chi connectivity index (χ4n) is 3.40. The van der Waals surface area contributed by atoms with Crippen molar-refractivity contribution < 1.29 is 5.11 Å². The molecule has 1 aliphatic heterocycles. The molecule has 0 radical (unpaired) electrons. The molecule has 1 N–H and O–H groups in total. The van der Waals surface area contributed by atoms with Gasteiger partial charge in [0.25, 0.3) is 0 Å². The van der Waals surface area contributed by atoms with Crippen LogP contribution in [0.1, 0.15) is 18.4 Å². The van der Waals surface area contributed by atoms with E-state index in [1.807, 2.05) is 48.5 Å². The zero-order valence-electron chi connectivity index (χ0n) is 14.3. The second-order valence-corrected chi connectivity index (χ2v) is 7.55. The number of piperidine rings is 1. The number of rotatable bonds is 3. The van der Waals surface area contributed by atoms with Crippen molar-refractivity contribution in [3.63, 3.8) is 0 Å². The molecule has 1 aromatic heterocycles. The molecule has 2 heterocycles. The summed E-state index contributed by atoms with van der Waals surface area (Å²) in [6, 6.07) is 20.0. The summed E-state index contributed by atoms with van der Waals surface area (Å²) >= 11 is 3.45. The Morgan fingerprint density at radius 1 is 0.923 bits per heavy atom. The highest BCUT2D eigenvalue weighted by Gasteiger charge is 2.34. The molecule has 0 amide bonds. The van der Waals surface area contributed by atoms with E-state index in [1.54, 1.807) is 6.20 Å². The van der Waals surface area contributed by atoms with Crippen LogP contribution in [-0.2, 0) is 5.60 Å². The molecular formula is C21H20BrN3O. The average Bonchev–Trinajstić information content (AvgIpc) is 2.70. The van der Waals surface area contributed by atoms with Crippen molar-refractivity contribution in [2.24, 2.45) is 0 Å². The Morgan fingerprint density at radius 2 is 1.62 bits per heavy atom. The van der Waals surface area contributed by atoms with Crippen LogP contribution >= 0.6 is 15.9 Å². The molecule has 2 aromatic carbocycles. The minimum Gasteiger partial charge on any atom is -0.385 e. The van der Waals surface area contributed by atoms with E-state index < -0.39 is 5.60 Å². The van der Waals surface area contributed by atoms with Crippen LogP contribution in [0.3, 0.4) is 0 Å². The maximum atomic E-state index is 11.0. The summed E-state index contributed by atoms with van der Waals surface area (Å²) in [7, 11) is 0. The van der Waals surface area contributed by atoms with Crippen molar-refractivity contribution in [2.45, 2.75) is 18.4 Å². The lowest BCUT2D eigenvalue weighted by Crippen LogP contribution is -2.43. The van der Waals surface area contributed by atoms with Gasteiger partial charge < -0.3 is 10.0 Å². The Labute approximate surface area is 161 Å². The Morgan fingerprint density at radius 3 is 2.31 bits per heavy atom. The summed E-state index contributed by atoms with van der Waals surface area (Å²) in [5, 5.41) is 11.0. The molecule has 0 spiro atoms. The Kier molecular flexibility index (Phi) is 4.74. The standard InChI is InChI=1S/C21H20BrN3O/c22-18-8-6-17(7-9-18)21(26)11-14-25(15-12-21)20-23-13-10-19(24-20)16-4-2-1-3-5-16/h1-10,13,26H,11-12,14-15H2. The number of halogens is 1. The molecule has 3 aromatic rings.